The van der Waals surface area contributed by atoms with Crippen molar-refractivity contribution < 1.29 is 9.90 Å². The van der Waals surface area contributed by atoms with E-state index in [0.29, 0.717) is 12.0 Å². The number of rotatable bonds is 5. The Kier molecular flexibility index (Phi) is 3.27. The van der Waals surface area contributed by atoms with Gasteiger partial charge in [-0.1, -0.05) is 19.1 Å². The number of aromatic amines is 1. The Morgan fingerprint density at radius 3 is 2.77 bits per heavy atom. The number of benzene rings is 1. The van der Waals surface area contributed by atoms with Crippen LogP contribution in [-0.2, 0) is 11.8 Å². The van der Waals surface area contributed by atoms with Crippen molar-refractivity contribution in [3.8, 4) is 0 Å². The van der Waals surface area contributed by atoms with Crippen molar-refractivity contribution in [2.45, 2.75) is 50.4 Å². The summed E-state index contributed by atoms with van der Waals surface area (Å²) < 4.78 is 0. The van der Waals surface area contributed by atoms with E-state index >= 15 is 0 Å². The Hall–Kier alpha value is -2.62. The average Bonchev–Trinajstić information content (AvgIpc) is 3.56. The molecule has 0 atom stereocenters. The average molecular weight is 346 g/mol. The van der Waals surface area contributed by atoms with Crippen LogP contribution in [0.2, 0.25) is 0 Å². The first-order chi connectivity index (χ1) is 12.5. The number of carbonyl (C=O) groups is 1. The zero-order valence-electron chi connectivity index (χ0n) is 14.9. The van der Waals surface area contributed by atoms with Gasteiger partial charge in [0.2, 0.25) is 0 Å². The largest absolute Gasteiger partial charge is 0.478 e. The molecule has 2 fully saturated rings. The third-order valence-corrected chi connectivity index (χ3v) is 6.00. The SMILES string of the molecule is CC1(c2[nH]c3cc(C4CC4)ccc3c2Cc2cc(C(=O)O)ccn2)CC1. The summed E-state index contributed by atoms with van der Waals surface area (Å²) in [5, 5.41) is 10.5. The fraction of sp³-hybridized carbons (Fsp3) is 0.364. The number of pyridine rings is 1. The highest BCUT2D eigenvalue weighted by Gasteiger charge is 2.42. The number of H-pyrrole nitrogens is 1. The quantitative estimate of drug-likeness (QED) is 0.698. The molecular weight excluding hydrogens is 324 g/mol. The minimum absolute atomic E-state index is 0.221. The van der Waals surface area contributed by atoms with Crippen molar-refractivity contribution in [1.29, 1.82) is 0 Å². The van der Waals surface area contributed by atoms with Crippen LogP contribution in [0.25, 0.3) is 10.9 Å². The van der Waals surface area contributed by atoms with Crippen molar-refractivity contribution in [2.24, 2.45) is 0 Å². The number of fused-ring (bicyclic) bond motifs is 1. The molecule has 0 unspecified atom stereocenters. The van der Waals surface area contributed by atoms with Crippen molar-refractivity contribution in [1.82, 2.24) is 9.97 Å². The Morgan fingerprint density at radius 2 is 2.08 bits per heavy atom. The lowest BCUT2D eigenvalue weighted by molar-refractivity contribution is 0.0696. The molecule has 0 radical (unpaired) electrons. The number of hydrogen-bond donors (Lipinski definition) is 2. The Labute approximate surface area is 152 Å². The number of hydrogen-bond acceptors (Lipinski definition) is 2. The number of aromatic carboxylic acids is 1. The highest BCUT2D eigenvalue weighted by molar-refractivity contribution is 5.88. The van der Waals surface area contributed by atoms with Crippen LogP contribution >= 0.6 is 0 Å². The standard InChI is InChI=1S/C22H22N2O2/c1-22(7-8-22)20-18(12-16-10-15(21(25)26)6-9-23-16)17-5-4-14(13-2-3-13)11-19(17)24-20/h4-6,9-11,13,24H,2-3,7-8,12H2,1H3,(H,25,26). The maximum atomic E-state index is 11.3. The number of aromatic nitrogens is 2. The molecule has 26 heavy (non-hydrogen) atoms. The predicted molar refractivity (Wildman–Crippen MR) is 101 cm³/mol. The van der Waals surface area contributed by atoms with Crippen LogP contribution in [0.15, 0.2) is 36.5 Å². The molecule has 1 aromatic carbocycles. The topological polar surface area (TPSA) is 66.0 Å². The lowest BCUT2D eigenvalue weighted by Gasteiger charge is -2.11. The van der Waals surface area contributed by atoms with E-state index in [1.165, 1.54) is 53.4 Å². The van der Waals surface area contributed by atoms with Crippen molar-refractivity contribution in [3.05, 3.63) is 64.6 Å². The van der Waals surface area contributed by atoms with Crippen LogP contribution < -0.4 is 0 Å². The molecule has 2 aliphatic rings. The molecule has 2 heterocycles. The Balaban J connectivity index is 1.61. The molecule has 5 rings (SSSR count). The fourth-order valence-electron chi connectivity index (χ4n) is 3.97. The van der Waals surface area contributed by atoms with E-state index in [9.17, 15) is 9.90 Å². The van der Waals surface area contributed by atoms with Crippen molar-refractivity contribution in [2.75, 3.05) is 0 Å². The van der Waals surface area contributed by atoms with Crippen LogP contribution in [0.5, 0.6) is 0 Å². The van der Waals surface area contributed by atoms with Gasteiger partial charge in [-0.25, -0.2) is 4.79 Å². The lowest BCUT2D eigenvalue weighted by Crippen LogP contribution is -2.06. The molecule has 132 valence electrons. The molecule has 0 saturated heterocycles. The van der Waals surface area contributed by atoms with Crippen LogP contribution in [-0.4, -0.2) is 21.0 Å². The van der Waals surface area contributed by atoms with E-state index in [2.05, 4.69) is 35.1 Å². The second kappa shape index (κ2) is 5.44. The van der Waals surface area contributed by atoms with E-state index in [1.807, 2.05) is 0 Å². The zero-order valence-corrected chi connectivity index (χ0v) is 14.9. The van der Waals surface area contributed by atoms with Gasteiger partial charge in [0.05, 0.1) is 5.56 Å². The molecule has 4 nitrogen and oxygen atoms in total. The third kappa shape index (κ3) is 2.61. The maximum Gasteiger partial charge on any atom is 0.335 e. The summed E-state index contributed by atoms with van der Waals surface area (Å²) in [7, 11) is 0. The van der Waals surface area contributed by atoms with Gasteiger partial charge in [0, 0.05) is 40.3 Å². The summed E-state index contributed by atoms with van der Waals surface area (Å²) in [4.78, 5) is 19.4. The zero-order chi connectivity index (χ0) is 17.9. The highest BCUT2D eigenvalue weighted by atomic mass is 16.4. The Morgan fingerprint density at radius 1 is 1.27 bits per heavy atom. The minimum atomic E-state index is -0.906. The summed E-state index contributed by atoms with van der Waals surface area (Å²) in [6.07, 6.45) is 7.26. The van der Waals surface area contributed by atoms with E-state index < -0.39 is 5.97 Å². The first-order valence-electron chi connectivity index (χ1n) is 9.37. The third-order valence-electron chi connectivity index (χ3n) is 6.00. The van der Waals surface area contributed by atoms with Crippen LogP contribution in [0.1, 0.15) is 71.4 Å². The molecular formula is C22H22N2O2. The van der Waals surface area contributed by atoms with Gasteiger partial charge < -0.3 is 10.1 Å². The summed E-state index contributed by atoms with van der Waals surface area (Å²) in [6, 6.07) is 10.1. The van der Waals surface area contributed by atoms with E-state index in [-0.39, 0.29) is 5.41 Å². The van der Waals surface area contributed by atoms with Gasteiger partial charge in [-0.2, -0.15) is 0 Å². The molecule has 0 amide bonds. The number of carboxylic acid groups (broad SMARTS) is 1. The maximum absolute atomic E-state index is 11.3. The first-order valence-corrected chi connectivity index (χ1v) is 9.37. The molecule has 2 saturated carbocycles. The number of carboxylic acids is 1. The van der Waals surface area contributed by atoms with E-state index in [1.54, 1.807) is 18.3 Å². The number of nitrogens with zero attached hydrogens (tertiary/aromatic N) is 1. The van der Waals surface area contributed by atoms with Gasteiger partial charge in [-0.05, 0) is 60.9 Å². The fourth-order valence-corrected chi connectivity index (χ4v) is 3.97. The van der Waals surface area contributed by atoms with E-state index in [0.717, 1.165) is 11.6 Å². The first kappa shape index (κ1) is 15.6. The van der Waals surface area contributed by atoms with Gasteiger partial charge in [0.1, 0.15) is 0 Å². The van der Waals surface area contributed by atoms with Gasteiger partial charge in [0.15, 0.2) is 0 Å². The smallest absolute Gasteiger partial charge is 0.335 e. The summed E-state index contributed by atoms with van der Waals surface area (Å²) in [6.45, 7) is 2.31. The van der Waals surface area contributed by atoms with Gasteiger partial charge in [0.25, 0.3) is 0 Å². The molecule has 0 spiro atoms. The molecule has 3 aromatic rings. The van der Waals surface area contributed by atoms with E-state index in [4.69, 9.17) is 0 Å². The van der Waals surface area contributed by atoms with Crippen LogP contribution in [0.4, 0.5) is 0 Å². The molecule has 2 aromatic heterocycles. The molecule has 0 bridgehead atoms. The monoisotopic (exact) mass is 346 g/mol. The second-order valence-electron chi connectivity index (χ2n) is 8.14. The highest BCUT2D eigenvalue weighted by Crippen LogP contribution is 2.50. The minimum Gasteiger partial charge on any atom is -0.478 e. The second-order valence-corrected chi connectivity index (χ2v) is 8.14. The summed E-state index contributed by atoms with van der Waals surface area (Å²) in [5.41, 5.74) is 6.55. The Bertz CT molecular complexity index is 1030. The number of nitrogens with one attached hydrogen (secondary N) is 1. The van der Waals surface area contributed by atoms with Crippen LogP contribution in [0, 0.1) is 0 Å². The van der Waals surface area contributed by atoms with Crippen LogP contribution in [0.3, 0.4) is 0 Å². The van der Waals surface area contributed by atoms with Crippen molar-refractivity contribution in [3.63, 3.8) is 0 Å². The normalized spacial score (nSPS) is 18.2. The van der Waals surface area contributed by atoms with Gasteiger partial charge in [-0.15, -0.1) is 0 Å². The van der Waals surface area contributed by atoms with Gasteiger partial charge in [-0.3, -0.25) is 4.98 Å². The summed E-state index contributed by atoms with van der Waals surface area (Å²) >= 11 is 0. The lowest BCUT2D eigenvalue weighted by atomic mass is 9.95. The van der Waals surface area contributed by atoms with Crippen molar-refractivity contribution >= 4 is 16.9 Å². The predicted octanol–water partition coefficient (Wildman–Crippen LogP) is 4.78. The van der Waals surface area contributed by atoms with Gasteiger partial charge >= 0.3 is 5.97 Å². The summed E-state index contributed by atoms with van der Waals surface area (Å²) in [5.74, 6) is -0.170. The molecule has 2 aliphatic carbocycles. The molecule has 4 heteroatoms. The molecule has 2 N–H and O–H groups in total. The molecule has 0 aliphatic heterocycles.